The van der Waals surface area contributed by atoms with E-state index in [1.807, 2.05) is 19.1 Å². The fraction of sp³-hybridized carbons (Fsp3) is 0.214. The van der Waals surface area contributed by atoms with E-state index in [2.05, 4.69) is 0 Å². The molecular weight excluding hydrogens is 264 g/mol. The van der Waals surface area contributed by atoms with Crippen LogP contribution in [0.1, 0.15) is 18.2 Å². The summed E-state index contributed by atoms with van der Waals surface area (Å²) in [5, 5.41) is 9.62. The Morgan fingerprint density at radius 1 is 1.47 bits per heavy atom. The summed E-state index contributed by atoms with van der Waals surface area (Å²) in [5.74, 6) is 1.33. The molecule has 0 saturated heterocycles. The molecular formula is C14H13ClN2O2. The summed E-state index contributed by atoms with van der Waals surface area (Å²) in [5.41, 5.74) is 7.44. The van der Waals surface area contributed by atoms with Gasteiger partial charge in [0.1, 0.15) is 23.1 Å². The van der Waals surface area contributed by atoms with Crippen molar-refractivity contribution in [2.24, 2.45) is 0 Å². The monoisotopic (exact) mass is 276 g/mol. The number of ether oxygens (including phenoxy) is 1. The van der Waals surface area contributed by atoms with Gasteiger partial charge in [-0.3, -0.25) is 0 Å². The van der Waals surface area contributed by atoms with Crippen LogP contribution < -0.4 is 10.5 Å². The highest BCUT2D eigenvalue weighted by Gasteiger charge is 2.18. The third-order valence-electron chi connectivity index (χ3n) is 2.74. The van der Waals surface area contributed by atoms with E-state index < -0.39 is 0 Å². The van der Waals surface area contributed by atoms with Gasteiger partial charge in [0.05, 0.1) is 11.6 Å². The maximum Gasteiger partial charge on any atom is 0.209 e. The Balaban J connectivity index is 2.55. The minimum Gasteiger partial charge on any atom is -0.492 e. The highest BCUT2D eigenvalue weighted by Crippen LogP contribution is 2.36. The van der Waals surface area contributed by atoms with E-state index in [4.69, 9.17) is 31.8 Å². The molecule has 0 amide bonds. The van der Waals surface area contributed by atoms with Crippen LogP contribution in [-0.4, -0.2) is 6.61 Å². The third-order valence-corrected chi connectivity index (χ3v) is 3.04. The molecule has 5 heteroatoms. The predicted octanol–water partition coefficient (Wildman–Crippen LogP) is 3.76. The molecule has 0 fully saturated rings. The molecule has 98 valence electrons. The molecule has 2 aromatic rings. The molecule has 0 aliphatic rings. The highest BCUT2D eigenvalue weighted by molar-refractivity contribution is 6.32. The van der Waals surface area contributed by atoms with Gasteiger partial charge in [0, 0.05) is 5.56 Å². The first kappa shape index (κ1) is 13.3. The Morgan fingerprint density at radius 2 is 2.21 bits per heavy atom. The Kier molecular flexibility index (Phi) is 3.68. The number of nitrogen functional groups attached to an aromatic ring is 1. The quantitative estimate of drug-likeness (QED) is 0.926. The molecule has 0 aliphatic carbocycles. The van der Waals surface area contributed by atoms with E-state index in [1.54, 1.807) is 19.1 Å². The number of halogens is 1. The molecule has 0 aliphatic heterocycles. The van der Waals surface area contributed by atoms with E-state index in [1.165, 1.54) is 0 Å². The second-order valence-electron chi connectivity index (χ2n) is 3.96. The molecule has 2 rings (SSSR count). The van der Waals surface area contributed by atoms with Crippen molar-refractivity contribution in [1.82, 2.24) is 0 Å². The van der Waals surface area contributed by atoms with Crippen molar-refractivity contribution in [3.05, 3.63) is 34.5 Å². The first-order valence-corrected chi connectivity index (χ1v) is 6.18. The highest BCUT2D eigenvalue weighted by atomic mass is 35.5. The molecule has 1 aromatic carbocycles. The maximum atomic E-state index is 9.13. The zero-order valence-corrected chi connectivity index (χ0v) is 11.4. The van der Waals surface area contributed by atoms with E-state index in [0.717, 1.165) is 5.56 Å². The average Bonchev–Trinajstić information content (AvgIpc) is 2.66. The van der Waals surface area contributed by atoms with Gasteiger partial charge in [-0.25, -0.2) is 0 Å². The fourth-order valence-electron chi connectivity index (χ4n) is 1.95. The fourth-order valence-corrected chi connectivity index (χ4v) is 2.19. The number of furan rings is 1. The number of anilines is 1. The number of hydrogen-bond acceptors (Lipinski definition) is 4. The number of nitrogens with two attached hydrogens (primary N) is 1. The molecule has 2 N–H and O–H groups in total. The van der Waals surface area contributed by atoms with Gasteiger partial charge in [0.2, 0.25) is 5.88 Å². The zero-order valence-electron chi connectivity index (χ0n) is 10.7. The minimum atomic E-state index is 0.125. The van der Waals surface area contributed by atoms with Gasteiger partial charge in [0.25, 0.3) is 0 Å². The molecule has 1 heterocycles. The van der Waals surface area contributed by atoms with Gasteiger partial charge in [-0.05, 0) is 31.5 Å². The van der Waals surface area contributed by atoms with Gasteiger partial charge in [-0.1, -0.05) is 17.7 Å². The van der Waals surface area contributed by atoms with Crippen molar-refractivity contribution in [3.8, 4) is 22.9 Å². The maximum absolute atomic E-state index is 9.13. The summed E-state index contributed by atoms with van der Waals surface area (Å²) < 4.78 is 10.7. The van der Waals surface area contributed by atoms with Crippen molar-refractivity contribution in [2.75, 3.05) is 12.3 Å². The van der Waals surface area contributed by atoms with Gasteiger partial charge in [-0.15, -0.1) is 0 Å². The SMILES string of the molecule is CCOc1ccc(-c2c(C)oc(N)c2C#N)cc1Cl. The summed E-state index contributed by atoms with van der Waals surface area (Å²) in [6.45, 7) is 4.19. The third kappa shape index (κ3) is 2.38. The molecule has 0 spiro atoms. The summed E-state index contributed by atoms with van der Waals surface area (Å²) in [6.07, 6.45) is 0. The van der Waals surface area contributed by atoms with Gasteiger partial charge in [-0.2, -0.15) is 5.26 Å². The van der Waals surface area contributed by atoms with Crippen LogP contribution in [0.15, 0.2) is 22.6 Å². The van der Waals surface area contributed by atoms with Crippen molar-refractivity contribution >= 4 is 17.5 Å². The number of nitrogens with zero attached hydrogens (tertiary/aromatic N) is 1. The van der Waals surface area contributed by atoms with Crippen LogP contribution in [0.3, 0.4) is 0 Å². The summed E-state index contributed by atoms with van der Waals surface area (Å²) in [7, 11) is 0. The van der Waals surface area contributed by atoms with Gasteiger partial charge >= 0.3 is 0 Å². The second kappa shape index (κ2) is 5.25. The van der Waals surface area contributed by atoms with Crippen LogP contribution in [0.25, 0.3) is 11.1 Å². The normalized spacial score (nSPS) is 10.2. The lowest BCUT2D eigenvalue weighted by Gasteiger charge is -2.07. The van der Waals surface area contributed by atoms with Crippen LogP contribution >= 0.6 is 11.6 Å². The van der Waals surface area contributed by atoms with Crippen LogP contribution in [0.4, 0.5) is 5.88 Å². The first-order valence-electron chi connectivity index (χ1n) is 5.80. The minimum absolute atomic E-state index is 0.125. The Morgan fingerprint density at radius 3 is 2.79 bits per heavy atom. The van der Waals surface area contributed by atoms with Crippen LogP contribution in [0.2, 0.25) is 5.02 Å². The number of aryl methyl sites for hydroxylation is 1. The first-order chi connectivity index (χ1) is 9.08. The smallest absolute Gasteiger partial charge is 0.209 e. The molecule has 0 bridgehead atoms. The lowest BCUT2D eigenvalue weighted by molar-refractivity contribution is 0.340. The zero-order chi connectivity index (χ0) is 14.0. The molecule has 0 unspecified atom stereocenters. The average molecular weight is 277 g/mol. The Hall–Kier alpha value is -2.12. The van der Waals surface area contributed by atoms with Gasteiger partial charge < -0.3 is 14.9 Å². The number of benzene rings is 1. The van der Waals surface area contributed by atoms with Crippen LogP contribution in [0, 0.1) is 18.3 Å². The largest absolute Gasteiger partial charge is 0.492 e. The number of hydrogen-bond donors (Lipinski definition) is 1. The van der Waals surface area contributed by atoms with Gasteiger partial charge in [0.15, 0.2) is 0 Å². The topological polar surface area (TPSA) is 72.2 Å². The standard InChI is InChI=1S/C14H13ClN2O2/c1-3-18-12-5-4-9(6-11(12)15)13-8(2)19-14(17)10(13)7-16/h4-6H,3,17H2,1-2H3. The molecule has 0 saturated carbocycles. The lowest BCUT2D eigenvalue weighted by atomic mass is 10.0. The van der Waals surface area contributed by atoms with E-state index in [9.17, 15) is 0 Å². The van der Waals surface area contributed by atoms with Crippen molar-refractivity contribution in [2.45, 2.75) is 13.8 Å². The van der Waals surface area contributed by atoms with Crippen LogP contribution in [0.5, 0.6) is 5.75 Å². The molecule has 19 heavy (non-hydrogen) atoms. The molecule has 4 nitrogen and oxygen atoms in total. The number of nitriles is 1. The second-order valence-corrected chi connectivity index (χ2v) is 4.37. The Bertz CT molecular complexity index is 656. The van der Waals surface area contributed by atoms with Crippen molar-refractivity contribution in [3.63, 3.8) is 0 Å². The lowest BCUT2D eigenvalue weighted by Crippen LogP contribution is -1.93. The number of rotatable bonds is 3. The van der Waals surface area contributed by atoms with E-state index in [-0.39, 0.29) is 5.88 Å². The summed E-state index contributed by atoms with van der Waals surface area (Å²) >= 11 is 6.14. The molecule has 0 atom stereocenters. The van der Waals surface area contributed by atoms with Crippen LogP contribution in [-0.2, 0) is 0 Å². The van der Waals surface area contributed by atoms with Crippen molar-refractivity contribution in [1.29, 1.82) is 5.26 Å². The summed E-state index contributed by atoms with van der Waals surface area (Å²) in [6, 6.07) is 7.39. The summed E-state index contributed by atoms with van der Waals surface area (Å²) in [4.78, 5) is 0. The molecule has 1 aromatic heterocycles. The van der Waals surface area contributed by atoms with E-state index >= 15 is 0 Å². The predicted molar refractivity (Wildman–Crippen MR) is 74.2 cm³/mol. The van der Waals surface area contributed by atoms with Crippen molar-refractivity contribution < 1.29 is 9.15 Å². The van der Waals surface area contributed by atoms with E-state index in [0.29, 0.717) is 34.3 Å². The molecule has 0 radical (unpaired) electrons. The Labute approximate surface area is 116 Å².